The van der Waals surface area contributed by atoms with Gasteiger partial charge < -0.3 is 9.47 Å². The number of halogens is 1. The zero-order valence-electron chi connectivity index (χ0n) is 12.6. The molecule has 21 heavy (non-hydrogen) atoms. The Bertz CT molecular complexity index is 546. The summed E-state index contributed by atoms with van der Waals surface area (Å²) in [5.74, 6) is 0.800. The summed E-state index contributed by atoms with van der Waals surface area (Å²) in [5.41, 5.74) is 0. The van der Waals surface area contributed by atoms with Crippen LogP contribution < -0.4 is 9.46 Å². The maximum absolute atomic E-state index is 12.3. The highest BCUT2D eigenvalue weighted by Crippen LogP contribution is 2.26. The molecule has 5 nitrogen and oxygen atoms in total. The minimum absolute atomic E-state index is 0.127. The van der Waals surface area contributed by atoms with Crippen molar-refractivity contribution in [3.05, 3.63) is 22.7 Å². The van der Waals surface area contributed by atoms with Gasteiger partial charge >= 0.3 is 0 Å². The topological polar surface area (TPSA) is 64.6 Å². The molecule has 0 heterocycles. The number of hydrogen-bond acceptors (Lipinski definition) is 4. The summed E-state index contributed by atoms with van der Waals surface area (Å²) < 4.78 is 38.3. The Labute approximate surface area is 135 Å². The molecule has 1 aromatic rings. The van der Waals surface area contributed by atoms with Gasteiger partial charge in [0.25, 0.3) is 0 Å². The molecule has 0 atom stereocenters. The summed E-state index contributed by atoms with van der Waals surface area (Å²) in [6.45, 7) is 5.70. The van der Waals surface area contributed by atoms with Gasteiger partial charge in [0.05, 0.1) is 7.11 Å². The Balaban J connectivity index is 2.56. The number of nitrogens with one attached hydrogen (secondary N) is 1. The second-order valence-electron chi connectivity index (χ2n) is 5.02. The van der Waals surface area contributed by atoms with Crippen LogP contribution in [-0.2, 0) is 14.8 Å². The highest BCUT2D eigenvalue weighted by atomic mass is 79.9. The molecule has 0 radical (unpaired) electrons. The zero-order chi connectivity index (χ0) is 15.9. The molecular weight excluding hydrogens is 358 g/mol. The summed E-state index contributed by atoms with van der Waals surface area (Å²) in [7, 11) is -2.14. The first-order valence-corrected chi connectivity index (χ1v) is 9.05. The largest absolute Gasteiger partial charge is 0.495 e. The van der Waals surface area contributed by atoms with E-state index < -0.39 is 10.0 Å². The van der Waals surface area contributed by atoms with Crippen LogP contribution in [0.1, 0.15) is 20.3 Å². The number of rotatable bonds is 9. The van der Waals surface area contributed by atoms with Crippen LogP contribution in [0.25, 0.3) is 0 Å². The molecule has 0 saturated heterocycles. The van der Waals surface area contributed by atoms with Gasteiger partial charge in [-0.2, -0.15) is 0 Å². The van der Waals surface area contributed by atoms with Crippen LogP contribution >= 0.6 is 15.9 Å². The molecule has 1 N–H and O–H groups in total. The Morgan fingerprint density at radius 1 is 1.33 bits per heavy atom. The second kappa shape index (κ2) is 8.73. The summed E-state index contributed by atoms with van der Waals surface area (Å²) in [4.78, 5) is 0.127. The molecule has 0 aromatic heterocycles. The van der Waals surface area contributed by atoms with E-state index in [4.69, 9.17) is 9.47 Å². The van der Waals surface area contributed by atoms with Gasteiger partial charge in [-0.15, -0.1) is 0 Å². The van der Waals surface area contributed by atoms with E-state index in [2.05, 4.69) is 34.5 Å². The molecule has 7 heteroatoms. The van der Waals surface area contributed by atoms with E-state index in [1.54, 1.807) is 12.1 Å². The van der Waals surface area contributed by atoms with E-state index in [0.717, 1.165) is 0 Å². The van der Waals surface area contributed by atoms with E-state index in [-0.39, 0.29) is 4.90 Å². The van der Waals surface area contributed by atoms with Crippen molar-refractivity contribution < 1.29 is 17.9 Å². The van der Waals surface area contributed by atoms with Crippen molar-refractivity contribution in [2.24, 2.45) is 5.92 Å². The Morgan fingerprint density at radius 3 is 2.67 bits per heavy atom. The lowest BCUT2D eigenvalue weighted by Crippen LogP contribution is -2.26. The molecule has 1 rings (SSSR count). The molecule has 0 spiro atoms. The smallest absolute Gasteiger partial charge is 0.244 e. The second-order valence-corrected chi connectivity index (χ2v) is 7.67. The van der Waals surface area contributed by atoms with Crippen LogP contribution in [0.15, 0.2) is 27.6 Å². The van der Waals surface area contributed by atoms with Crippen molar-refractivity contribution in [3.8, 4) is 5.75 Å². The van der Waals surface area contributed by atoms with Crippen molar-refractivity contribution in [2.75, 3.05) is 26.9 Å². The van der Waals surface area contributed by atoms with Crippen molar-refractivity contribution in [3.63, 3.8) is 0 Å². The third kappa shape index (κ3) is 6.34. The predicted octanol–water partition coefficient (Wildman–Crippen LogP) is 2.80. The monoisotopic (exact) mass is 379 g/mol. The summed E-state index contributed by atoms with van der Waals surface area (Å²) in [6.07, 6.45) is 0.627. The van der Waals surface area contributed by atoms with Gasteiger partial charge in [0.2, 0.25) is 10.0 Å². The summed E-state index contributed by atoms with van der Waals surface area (Å²) in [5, 5.41) is 0. The number of ether oxygens (including phenoxy) is 2. The standard InChI is InChI=1S/C14H22BrNO4S/c1-11(2)10-20-8-4-7-16-21(17,18)14-9-12(15)5-6-13(14)19-3/h5-6,9,11,16H,4,7-8,10H2,1-3H3. The first-order chi connectivity index (χ1) is 9.86. The molecule has 0 aliphatic rings. The highest BCUT2D eigenvalue weighted by molar-refractivity contribution is 9.10. The average Bonchev–Trinajstić information content (AvgIpc) is 2.42. The predicted molar refractivity (Wildman–Crippen MR) is 86.2 cm³/mol. The van der Waals surface area contributed by atoms with Gasteiger partial charge in [-0.25, -0.2) is 13.1 Å². The molecular formula is C14H22BrNO4S. The van der Waals surface area contributed by atoms with Crippen LogP contribution in [-0.4, -0.2) is 35.3 Å². The minimum Gasteiger partial charge on any atom is -0.495 e. The highest BCUT2D eigenvalue weighted by Gasteiger charge is 2.19. The molecule has 1 aromatic carbocycles. The van der Waals surface area contributed by atoms with E-state index in [0.29, 0.717) is 42.3 Å². The fourth-order valence-electron chi connectivity index (χ4n) is 1.64. The average molecular weight is 380 g/mol. The Morgan fingerprint density at radius 2 is 2.05 bits per heavy atom. The minimum atomic E-state index is -3.59. The lowest BCUT2D eigenvalue weighted by atomic mass is 10.2. The summed E-state index contributed by atoms with van der Waals surface area (Å²) in [6, 6.07) is 4.87. The van der Waals surface area contributed by atoms with Gasteiger partial charge in [-0.1, -0.05) is 29.8 Å². The number of methoxy groups -OCH3 is 1. The zero-order valence-corrected chi connectivity index (χ0v) is 15.0. The lowest BCUT2D eigenvalue weighted by Gasteiger charge is -2.11. The van der Waals surface area contributed by atoms with E-state index in [9.17, 15) is 8.42 Å². The maximum atomic E-state index is 12.3. The van der Waals surface area contributed by atoms with Crippen molar-refractivity contribution in [2.45, 2.75) is 25.2 Å². The number of hydrogen-bond donors (Lipinski definition) is 1. The van der Waals surface area contributed by atoms with Crippen LogP contribution in [0.5, 0.6) is 5.75 Å². The third-order valence-corrected chi connectivity index (χ3v) is 4.60. The quantitative estimate of drug-likeness (QED) is 0.670. The molecule has 0 fully saturated rings. The number of benzene rings is 1. The normalized spacial score (nSPS) is 11.9. The molecule has 0 bridgehead atoms. The van der Waals surface area contributed by atoms with Gasteiger partial charge in [-0.3, -0.25) is 0 Å². The van der Waals surface area contributed by atoms with Gasteiger partial charge in [0.15, 0.2) is 0 Å². The van der Waals surface area contributed by atoms with Gasteiger partial charge in [0, 0.05) is 24.2 Å². The molecule has 0 amide bonds. The molecule has 120 valence electrons. The van der Waals surface area contributed by atoms with Crippen LogP contribution in [0.3, 0.4) is 0 Å². The van der Waals surface area contributed by atoms with E-state index in [1.807, 2.05) is 0 Å². The van der Waals surface area contributed by atoms with Crippen LogP contribution in [0.2, 0.25) is 0 Å². The van der Waals surface area contributed by atoms with Crippen LogP contribution in [0.4, 0.5) is 0 Å². The van der Waals surface area contributed by atoms with Crippen molar-refractivity contribution >= 4 is 26.0 Å². The fourth-order valence-corrected chi connectivity index (χ4v) is 3.42. The van der Waals surface area contributed by atoms with Crippen molar-refractivity contribution in [1.82, 2.24) is 4.72 Å². The number of sulfonamides is 1. The first kappa shape index (κ1) is 18.4. The summed E-state index contributed by atoms with van der Waals surface area (Å²) >= 11 is 3.27. The molecule has 0 unspecified atom stereocenters. The van der Waals surface area contributed by atoms with Crippen molar-refractivity contribution in [1.29, 1.82) is 0 Å². The van der Waals surface area contributed by atoms with Crippen LogP contribution in [0, 0.1) is 5.92 Å². The molecule has 0 aliphatic carbocycles. The fraction of sp³-hybridized carbons (Fsp3) is 0.571. The molecule has 0 saturated carbocycles. The Kier molecular flexibility index (Phi) is 7.65. The maximum Gasteiger partial charge on any atom is 0.244 e. The Hall–Kier alpha value is -0.630. The van der Waals surface area contributed by atoms with E-state index in [1.165, 1.54) is 13.2 Å². The third-order valence-electron chi connectivity index (χ3n) is 2.62. The van der Waals surface area contributed by atoms with Gasteiger partial charge in [0.1, 0.15) is 10.6 Å². The SMILES string of the molecule is COc1ccc(Br)cc1S(=O)(=O)NCCCOCC(C)C. The lowest BCUT2D eigenvalue weighted by molar-refractivity contribution is 0.108. The van der Waals surface area contributed by atoms with E-state index >= 15 is 0 Å². The molecule has 0 aliphatic heterocycles. The first-order valence-electron chi connectivity index (χ1n) is 6.77. The van der Waals surface area contributed by atoms with Gasteiger partial charge in [-0.05, 0) is 30.5 Å².